The van der Waals surface area contributed by atoms with Crippen molar-refractivity contribution in [3.63, 3.8) is 0 Å². The first kappa shape index (κ1) is 15.8. The largest absolute Gasteiger partial charge is 0.388 e. The third kappa shape index (κ3) is 3.64. The Morgan fingerprint density at radius 1 is 1.25 bits per heavy atom. The van der Waals surface area contributed by atoms with Crippen molar-refractivity contribution in [1.82, 2.24) is 14.8 Å². The van der Waals surface area contributed by atoms with E-state index in [4.69, 9.17) is 0 Å². The zero-order valence-corrected chi connectivity index (χ0v) is 12.6. The summed E-state index contributed by atoms with van der Waals surface area (Å²) in [6.07, 6.45) is 1.66. The molecule has 2 N–H and O–H groups in total. The van der Waals surface area contributed by atoms with Crippen molar-refractivity contribution in [2.75, 3.05) is 5.32 Å². The summed E-state index contributed by atoms with van der Waals surface area (Å²) < 4.78 is 15.4. The summed E-state index contributed by atoms with van der Waals surface area (Å²) in [7, 11) is 0. The van der Waals surface area contributed by atoms with Gasteiger partial charge in [-0.05, 0) is 23.8 Å². The van der Waals surface area contributed by atoms with Crippen LogP contribution in [0.3, 0.4) is 0 Å². The highest BCUT2D eigenvalue weighted by molar-refractivity contribution is 5.91. The number of hydrogen-bond donors (Lipinski definition) is 2. The number of anilines is 1. The topological polar surface area (TPSA) is 80.0 Å². The molecule has 3 rings (SSSR count). The third-order valence-corrected chi connectivity index (χ3v) is 3.46. The van der Waals surface area contributed by atoms with E-state index in [2.05, 4.69) is 15.4 Å². The van der Waals surface area contributed by atoms with Crippen LogP contribution in [0.2, 0.25) is 0 Å². The van der Waals surface area contributed by atoms with Gasteiger partial charge in [0.2, 0.25) is 5.91 Å². The minimum Gasteiger partial charge on any atom is -0.388 e. The molecule has 0 fully saturated rings. The molecule has 1 aromatic heterocycles. The van der Waals surface area contributed by atoms with Crippen LogP contribution in [0.25, 0.3) is 5.69 Å². The second-order valence-electron chi connectivity index (χ2n) is 5.19. The molecule has 0 radical (unpaired) electrons. The Bertz CT molecular complexity index is 822. The quantitative estimate of drug-likeness (QED) is 0.755. The number of nitrogens with zero attached hydrogens (tertiary/aromatic N) is 3. The molecular formula is C17H15FN4O2. The highest BCUT2D eigenvalue weighted by Crippen LogP contribution is 2.20. The van der Waals surface area contributed by atoms with E-state index in [1.807, 2.05) is 6.07 Å². The number of carbonyl (C=O) groups excluding carboxylic acids is 1. The van der Waals surface area contributed by atoms with Crippen LogP contribution < -0.4 is 5.32 Å². The average Bonchev–Trinajstić information content (AvgIpc) is 3.10. The summed E-state index contributed by atoms with van der Waals surface area (Å²) in [5.74, 6) is -0.943. The Balaban J connectivity index is 1.65. The van der Waals surface area contributed by atoms with E-state index in [0.29, 0.717) is 11.3 Å². The predicted octanol–water partition coefficient (Wildman–Crippen LogP) is 2.47. The van der Waals surface area contributed by atoms with Gasteiger partial charge in [-0.3, -0.25) is 4.79 Å². The lowest BCUT2D eigenvalue weighted by molar-refractivity contribution is -0.118. The SMILES string of the molecule is O=C(CC(O)c1ccccc1)Nc1ccc(-n2cncn2)c(F)c1. The van der Waals surface area contributed by atoms with Crippen LogP contribution in [-0.4, -0.2) is 25.8 Å². The number of carbonyl (C=O) groups is 1. The molecule has 1 unspecified atom stereocenters. The van der Waals surface area contributed by atoms with Crippen molar-refractivity contribution in [2.24, 2.45) is 0 Å². The smallest absolute Gasteiger partial charge is 0.227 e. The van der Waals surface area contributed by atoms with Gasteiger partial charge in [-0.1, -0.05) is 30.3 Å². The number of nitrogens with one attached hydrogen (secondary N) is 1. The Morgan fingerprint density at radius 3 is 2.71 bits per heavy atom. The molecule has 0 aliphatic heterocycles. The molecular weight excluding hydrogens is 311 g/mol. The van der Waals surface area contributed by atoms with Gasteiger partial charge in [-0.25, -0.2) is 14.1 Å². The Labute approximate surface area is 137 Å². The fraction of sp³-hybridized carbons (Fsp3) is 0.118. The van der Waals surface area contributed by atoms with Gasteiger partial charge in [0.25, 0.3) is 0 Å². The van der Waals surface area contributed by atoms with Gasteiger partial charge in [0.05, 0.1) is 12.5 Å². The van der Waals surface area contributed by atoms with Gasteiger partial charge in [-0.15, -0.1) is 0 Å². The summed E-state index contributed by atoms with van der Waals surface area (Å²) in [5.41, 5.74) is 1.19. The van der Waals surface area contributed by atoms with E-state index in [1.165, 1.54) is 29.5 Å². The normalized spacial score (nSPS) is 11.9. The summed E-state index contributed by atoms with van der Waals surface area (Å²) in [6, 6.07) is 13.1. The molecule has 0 aliphatic rings. The summed E-state index contributed by atoms with van der Waals surface area (Å²) in [6.45, 7) is 0. The van der Waals surface area contributed by atoms with E-state index in [0.717, 1.165) is 0 Å². The first-order valence-electron chi connectivity index (χ1n) is 7.31. The lowest BCUT2D eigenvalue weighted by atomic mass is 10.1. The zero-order chi connectivity index (χ0) is 16.9. The average molecular weight is 326 g/mol. The number of amides is 1. The molecule has 6 nitrogen and oxygen atoms in total. The number of benzene rings is 2. The van der Waals surface area contributed by atoms with Crippen molar-refractivity contribution in [3.8, 4) is 5.69 Å². The maximum absolute atomic E-state index is 14.1. The van der Waals surface area contributed by atoms with E-state index < -0.39 is 17.8 Å². The van der Waals surface area contributed by atoms with E-state index in [1.54, 1.807) is 30.3 Å². The van der Waals surface area contributed by atoms with E-state index in [-0.39, 0.29) is 12.1 Å². The Kier molecular flexibility index (Phi) is 4.62. The zero-order valence-electron chi connectivity index (χ0n) is 12.6. The lowest BCUT2D eigenvalue weighted by Gasteiger charge is -2.12. The van der Waals surface area contributed by atoms with Crippen LogP contribution in [0, 0.1) is 5.82 Å². The van der Waals surface area contributed by atoms with Crippen molar-refractivity contribution in [2.45, 2.75) is 12.5 Å². The molecule has 2 aromatic carbocycles. The van der Waals surface area contributed by atoms with Crippen molar-refractivity contribution in [1.29, 1.82) is 0 Å². The number of aliphatic hydroxyl groups excluding tert-OH is 1. The Morgan fingerprint density at radius 2 is 2.04 bits per heavy atom. The monoisotopic (exact) mass is 326 g/mol. The number of aromatic nitrogens is 3. The van der Waals surface area contributed by atoms with E-state index >= 15 is 0 Å². The van der Waals surface area contributed by atoms with Crippen LogP contribution >= 0.6 is 0 Å². The first-order chi connectivity index (χ1) is 11.6. The minimum absolute atomic E-state index is 0.115. The molecule has 0 spiro atoms. The molecule has 1 heterocycles. The van der Waals surface area contributed by atoms with E-state index in [9.17, 15) is 14.3 Å². The summed E-state index contributed by atoms with van der Waals surface area (Å²) in [4.78, 5) is 15.8. The van der Waals surface area contributed by atoms with Crippen LogP contribution in [0.15, 0.2) is 61.2 Å². The van der Waals surface area contributed by atoms with Gasteiger partial charge in [0.1, 0.15) is 18.3 Å². The molecule has 1 amide bonds. The Hall–Kier alpha value is -3.06. The number of hydrogen-bond acceptors (Lipinski definition) is 4. The predicted molar refractivity (Wildman–Crippen MR) is 86.0 cm³/mol. The fourth-order valence-electron chi connectivity index (χ4n) is 2.28. The summed E-state index contributed by atoms with van der Waals surface area (Å²) >= 11 is 0. The molecule has 122 valence electrons. The van der Waals surface area contributed by atoms with Gasteiger partial charge < -0.3 is 10.4 Å². The third-order valence-electron chi connectivity index (χ3n) is 3.46. The standard InChI is InChI=1S/C17H15FN4O2/c18-14-8-13(6-7-15(14)22-11-19-10-20-22)21-17(24)9-16(23)12-4-2-1-3-5-12/h1-8,10-11,16,23H,9H2,(H,21,24). The molecule has 0 bridgehead atoms. The van der Waals surface area contributed by atoms with Crippen LogP contribution in [0.4, 0.5) is 10.1 Å². The molecule has 0 aliphatic carbocycles. The first-order valence-corrected chi connectivity index (χ1v) is 7.31. The lowest BCUT2D eigenvalue weighted by Crippen LogP contribution is -2.15. The van der Waals surface area contributed by atoms with Crippen LogP contribution in [0.5, 0.6) is 0 Å². The maximum atomic E-state index is 14.1. The number of aliphatic hydroxyl groups is 1. The second kappa shape index (κ2) is 7.01. The second-order valence-corrected chi connectivity index (χ2v) is 5.19. The fourth-order valence-corrected chi connectivity index (χ4v) is 2.28. The minimum atomic E-state index is -0.912. The molecule has 3 aromatic rings. The number of halogens is 1. The van der Waals surface area contributed by atoms with Gasteiger partial charge in [-0.2, -0.15) is 5.10 Å². The highest BCUT2D eigenvalue weighted by Gasteiger charge is 2.14. The maximum Gasteiger partial charge on any atom is 0.227 e. The van der Waals surface area contributed by atoms with Gasteiger partial charge in [0, 0.05) is 5.69 Å². The molecule has 24 heavy (non-hydrogen) atoms. The van der Waals surface area contributed by atoms with Gasteiger partial charge in [0.15, 0.2) is 5.82 Å². The molecule has 7 heteroatoms. The van der Waals surface area contributed by atoms with Crippen LogP contribution in [-0.2, 0) is 4.79 Å². The van der Waals surface area contributed by atoms with Gasteiger partial charge >= 0.3 is 0 Å². The van der Waals surface area contributed by atoms with Crippen molar-refractivity contribution >= 4 is 11.6 Å². The molecule has 0 saturated carbocycles. The highest BCUT2D eigenvalue weighted by atomic mass is 19.1. The number of rotatable bonds is 5. The van der Waals surface area contributed by atoms with Crippen molar-refractivity contribution in [3.05, 3.63) is 72.6 Å². The molecule has 1 atom stereocenters. The van der Waals surface area contributed by atoms with Crippen molar-refractivity contribution < 1.29 is 14.3 Å². The molecule has 0 saturated heterocycles. The van der Waals surface area contributed by atoms with Crippen LogP contribution in [0.1, 0.15) is 18.1 Å². The summed E-state index contributed by atoms with van der Waals surface area (Å²) in [5, 5.41) is 16.5.